The molecule has 236 valence electrons. The van der Waals surface area contributed by atoms with E-state index < -0.39 is 0 Å². The minimum atomic E-state index is 0.427. The molecule has 2 aliphatic rings. The number of rotatable bonds is 5. The number of nitrogens with zero attached hydrogens (tertiary/aromatic N) is 1. The molecule has 2 aliphatic carbocycles. The quantitative estimate of drug-likeness (QED) is 0.0868. The summed E-state index contributed by atoms with van der Waals surface area (Å²) in [5.74, 6) is 0.837. The molecule has 6 nitrogen and oxygen atoms in total. The zero-order valence-electron chi connectivity index (χ0n) is 26.2. The summed E-state index contributed by atoms with van der Waals surface area (Å²) in [6.45, 7) is 0. The van der Waals surface area contributed by atoms with Gasteiger partial charge in [-0.2, -0.15) is 0 Å². The summed E-state index contributed by atoms with van der Waals surface area (Å²) in [5.41, 5.74) is 9.71. The summed E-state index contributed by atoms with van der Waals surface area (Å²) < 4.78 is 0. The van der Waals surface area contributed by atoms with Crippen molar-refractivity contribution in [3.8, 4) is 0 Å². The van der Waals surface area contributed by atoms with E-state index >= 15 is 0 Å². The van der Waals surface area contributed by atoms with Crippen LogP contribution in [0.2, 0.25) is 0 Å². The standard InChI is InChI=1S/C19H23N3.C13H12N2S.C6H13N/c1-4-10-16(11-5-1)20-19(21-17-12-6-2-7-13-17)22-18-14-8-3-9-15-18;16-13(14-11-7-3-1-4-8-11)15-12-9-5-2-6-10-12;7-6-4-2-1-3-5-6/h1-2,4-7,10-13,18H,3,8-9,14-15H2,(H2,20,21,22);1-10H,(H2,14,15,16);6H,1-5,7H2. The zero-order valence-corrected chi connectivity index (χ0v) is 27.0. The summed E-state index contributed by atoms with van der Waals surface area (Å²) in [6, 6.07) is 41.1. The Kier molecular flexibility index (Phi) is 14.9. The monoisotopic (exact) mass is 620 g/mol. The van der Waals surface area contributed by atoms with E-state index in [0.717, 1.165) is 28.7 Å². The van der Waals surface area contributed by atoms with Crippen LogP contribution in [-0.2, 0) is 0 Å². The van der Waals surface area contributed by atoms with Crippen LogP contribution in [0.15, 0.2) is 126 Å². The third kappa shape index (κ3) is 14.0. The first-order chi connectivity index (χ1) is 22.1. The van der Waals surface area contributed by atoms with E-state index in [2.05, 4.69) is 45.5 Å². The van der Waals surface area contributed by atoms with E-state index in [1.807, 2.05) is 97.1 Å². The van der Waals surface area contributed by atoms with Crippen LogP contribution in [-0.4, -0.2) is 23.2 Å². The summed E-state index contributed by atoms with van der Waals surface area (Å²) in [5, 5.41) is 13.6. The predicted octanol–water partition coefficient (Wildman–Crippen LogP) is 9.67. The smallest absolute Gasteiger partial charge is 0.200 e. The number of thiocarbonyl (C=S) groups is 1. The fourth-order valence-corrected chi connectivity index (χ4v) is 5.51. The molecule has 0 saturated heterocycles. The van der Waals surface area contributed by atoms with Crippen LogP contribution in [0.25, 0.3) is 0 Å². The van der Waals surface area contributed by atoms with Gasteiger partial charge < -0.3 is 27.0 Å². The van der Waals surface area contributed by atoms with Crippen LogP contribution in [0.5, 0.6) is 0 Å². The molecular weight excluding hydrogens is 573 g/mol. The van der Waals surface area contributed by atoms with E-state index in [1.54, 1.807) is 0 Å². The fraction of sp³-hybridized carbons (Fsp3) is 0.316. The van der Waals surface area contributed by atoms with Gasteiger partial charge >= 0.3 is 0 Å². The van der Waals surface area contributed by atoms with Gasteiger partial charge in [0.1, 0.15) is 0 Å². The summed E-state index contributed by atoms with van der Waals surface area (Å²) in [7, 11) is 0. The Morgan fingerprint density at radius 2 is 0.822 bits per heavy atom. The van der Waals surface area contributed by atoms with Crippen molar-refractivity contribution in [2.75, 3.05) is 21.3 Å². The van der Waals surface area contributed by atoms with Gasteiger partial charge in [-0.3, -0.25) is 0 Å². The van der Waals surface area contributed by atoms with E-state index in [1.165, 1.54) is 64.2 Å². The maximum atomic E-state index is 5.63. The van der Waals surface area contributed by atoms with Crippen molar-refractivity contribution in [2.24, 2.45) is 10.7 Å². The maximum absolute atomic E-state index is 5.63. The first-order valence-corrected chi connectivity index (χ1v) is 16.7. The Morgan fingerprint density at radius 3 is 1.16 bits per heavy atom. The molecular formula is C38H48N6S. The highest BCUT2D eigenvalue weighted by atomic mass is 32.1. The Bertz CT molecular complexity index is 1280. The van der Waals surface area contributed by atoms with Gasteiger partial charge in [0.2, 0.25) is 5.96 Å². The molecule has 0 radical (unpaired) electrons. The van der Waals surface area contributed by atoms with Crippen molar-refractivity contribution in [3.63, 3.8) is 0 Å². The predicted molar refractivity (Wildman–Crippen MR) is 198 cm³/mol. The average molecular weight is 621 g/mol. The van der Waals surface area contributed by atoms with Gasteiger partial charge in [0.25, 0.3) is 0 Å². The van der Waals surface area contributed by atoms with Crippen molar-refractivity contribution < 1.29 is 0 Å². The van der Waals surface area contributed by atoms with Gasteiger partial charge in [-0.05, 0) is 86.4 Å². The molecule has 0 aromatic heterocycles. The van der Waals surface area contributed by atoms with Gasteiger partial charge in [-0.25, -0.2) is 4.99 Å². The van der Waals surface area contributed by atoms with Crippen LogP contribution in [0, 0.1) is 0 Å². The third-order valence-corrected chi connectivity index (χ3v) is 7.88. The maximum Gasteiger partial charge on any atom is 0.200 e. The van der Waals surface area contributed by atoms with Crippen LogP contribution >= 0.6 is 12.2 Å². The first-order valence-electron chi connectivity index (χ1n) is 16.3. The molecule has 0 unspecified atom stereocenters. The summed E-state index contributed by atoms with van der Waals surface area (Å²) >= 11 is 5.20. The van der Waals surface area contributed by atoms with Gasteiger partial charge in [0, 0.05) is 28.8 Å². The normalized spacial score (nSPS) is 14.7. The lowest BCUT2D eigenvalue weighted by atomic mass is 9.96. The minimum absolute atomic E-state index is 0.427. The van der Waals surface area contributed by atoms with Gasteiger partial charge in [-0.15, -0.1) is 0 Å². The van der Waals surface area contributed by atoms with E-state index in [4.69, 9.17) is 22.9 Å². The lowest BCUT2D eigenvalue weighted by Crippen LogP contribution is -2.25. The molecule has 0 atom stereocenters. The minimum Gasteiger partial charge on any atom is -0.332 e. The molecule has 7 heteroatoms. The van der Waals surface area contributed by atoms with Gasteiger partial charge in [-0.1, -0.05) is 111 Å². The molecule has 4 aromatic rings. The van der Waals surface area contributed by atoms with Crippen molar-refractivity contribution in [1.82, 2.24) is 0 Å². The number of benzene rings is 4. The summed E-state index contributed by atoms with van der Waals surface area (Å²) in [4.78, 5) is 4.92. The SMILES string of the molecule is NC1CCCCC1.S=C(Nc1ccccc1)Nc1ccccc1.c1ccc(NC(=NC2CCCCC2)Nc2ccccc2)cc1. The van der Waals surface area contributed by atoms with Gasteiger partial charge in [0.05, 0.1) is 6.04 Å². The molecule has 6 N–H and O–H groups in total. The second kappa shape index (κ2) is 20.0. The Morgan fingerprint density at radius 1 is 0.489 bits per heavy atom. The molecule has 45 heavy (non-hydrogen) atoms. The van der Waals surface area contributed by atoms with Crippen LogP contribution < -0.4 is 27.0 Å². The highest BCUT2D eigenvalue weighted by molar-refractivity contribution is 7.80. The number of guanidine groups is 1. The Hall–Kier alpha value is -4.20. The molecule has 4 aromatic carbocycles. The highest BCUT2D eigenvalue weighted by Crippen LogP contribution is 2.21. The van der Waals surface area contributed by atoms with E-state index in [0.29, 0.717) is 17.2 Å². The van der Waals surface area contributed by atoms with Crippen molar-refractivity contribution >= 4 is 46.0 Å². The largest absolute Gasteiger partial charge is 0.332 e. The number of nitrogens with one attached hydrogen (secondary N) is 4. The molecule has 0 spiro atoms. The number of anilines is 4. The number of hydrogen-bond donors (Lipinski definition) is 5. The second-order valence-electron chi connectivity index (χ2n) is 11.5. The molecule has 2 fully saturated rings. The number of aliphatic imine (C=N–C) groups is 1. The lowest BCUT2D eigenvalue weighted by Gasteiger charge is -2.20. The number of nitrogens with two attached hydrogens (primary N) is 1. The van der Waals surface area contributed by atoms with Crippen LogP contribution in [0.3, 0.4) is 0 Å². The topological polar surface area (TPSA) is 86.5 Å². The molecule has 0 amide bonds. The zero-order chi connectivity index (χ0) is 31.4. The van der Waals surface area contributed by atoms with E-state index in [9.17, 15) is 0 Å². The third-order valence-electron chi connectivity index (χ3n) is 7.67. The molecule has 2 saturated carbocycles. The van der Waals surface area contributed by atoms with E-state index in [-0.39, 0.29) is 0 Å². The first kappa shape index (κ1) is 33.7. The van der Waals surface area contributed by atoms with Crippen molar-refractivity contribution in [2.45, 2.75) is 76.3 Å². The second-order valence-corrected chi connectivity index (χ2v) is 11.9. The summed E-state index contributed by atoms with van der Waals surface area (Å²) in [6.07, 6.45) is 13.0. The Balaban J connectivity index is 0.000000174. The average Bonchev–Trinajstić information content (AvgIpc) is 3.08. The molecule has 6 rings (SSSR count). The lowest BCUT2D eigenvalue weighted by molar-refractivity contribution is 0.441. The Labute approximate surface area is 275 Å². The van der Waals surface area contributed by atoms with Crippen LogP contribution in [0.1, 0.15) is 64.2 Å². The molecule has 0 aliphatic heterocycles. The van der Waals surface area contributed by atoms with Crippen LogP contribution in [0.4, 0.5) is 22.7 Å². The highest BCUT2D eigenvalue weighted by Gasteiger charge is 2.13. The molecule has 0 heterocycles. The van der Waals surface area contributed by atoms with Crippen molar-refractivity contribution in [1.29, 1.82) is 0 Å². The number of para-hydroxylation sites is 4. The number of hydrogen-bond acceptors (Lipinski definition) is 3. The molecule has 0 bridgehead atoms. The van der Waals surface area contributed by atoms with Gasteiger partial charge in [0.15, 0.2) is 5.11 Å². The van der Waals surface area contributed by atoms with Crippen molar-refractivity contribution in [3.05, 3.63) is 121 Å². The fourth-order valence-electron chi connectivity index (χ4n) is 5.28.